The number of anilines is 1. The summed E-state index contributed by atoms with van der Waals surface area (Å²) < 4.78 is 0. The lowest BCUT2D eigenvalue weighted by Crippen LogP contribution is -2.20. The molecule has 0 radical (unpaired) electrons. The zero-order valence-corrected chi connectivity index (χ0v) is 17.5. The van der Waals surface area contributed by atoms with Crippen LogP contribution >= 0.6 is 11.6 Å². The van der Waals surface area contributed by atoms with Crippen molar-refractivity contribution in [3.63, 3.8) is 0 Å². The minimum Gasteiger partial charge on any atom is -0.322 e. The van der Waals surface area contributed by atoms with Crippen LogP contribution < -0.4 is 10.6 Å². The molecule has 4 heteroatoms. The Hall–Kier alpha value is -2.62. The maximum absolute atomic E-state index is 12.6. The Morgan fingerprint density at radius 1 is 0.933 bits per heavy atom. The zero-order chi connectivity index (χ0) is 20.5. The average Bonchev–Trinajstić information content (AvgIpc) is 3.68. The number of rotatable bonds is 7. The number of carbonyl (C=O) groups excluding carboxylic acids is 1. The monoisotopic (exact) mass is 416 g/mol. The van der Waals surface area contributed by atoms with Gasteiger partial charge in [0.2, 0.25) is 0 Å². The summed E-state index contributed by atoms with van der Waals surface area (Å²) in [5.74, 6) is 1.43. The van der Waals surface area contributed by atoms with E-state index in [1.807, 2.05) is 60.7 Å². The summed E-state index contributed by atoms with van der Waals surface area (Å²) in [6.07, 6.45) is 4.00. The number of hydrogen-bond acceptors (Lipinski definition) is 2. The maximum Gasteiger partial charge on any atom is 0.255 e. The molecular weight excluding hydrogens is 392 g/mol. The van der Waals surface area contributed by atoms with E-state index in [4.69, 9.17) is 11.6 Å². The number of hydrogen-bond donors (Lipinski definition) is 2. The van der Waals surface area contributed by atoms with Crippen molar-refractivity contribution in [1.29, 1.82) is 0 Å². The van der Waals surface area contributed by atoms with Crippen molar-refractivity contribution in [1.82, 2.24) is 5.32 Å². The highest BCUT2D eigenvalue weighted by Crippen LogP contribution is 2.42. The van der Waals surface area contributed by atoms with E-state index >= 15 is 0 Å². The molecule has 2 saturated carbocycles. The number of carbonyl (C=O) groups is 1. The molecule has 5 rings (SSSR count). The van der Waals surface area contributed by atoms with Gasteiger partial charge in [-0.25, -0.2) is 0 Å². The second-order valence-electron chi connectivity index (χ2n) is 8.43. The second-order valence-corrected chi connectivity index (χ2v) is 8.84. The van der Waals surface area contributed by atoms with Gasteiger partial charge in [0, 0.05) is 33.8 Å². The lowest BCUT2D eigenvalue weighted by molar-refractivity contribution is 0.102. The van der Waals surface area contributed by atoms with Crippen molar-refractivity contribution in [2.75, 3.05) is 11.9 Å². The standard InChI is InChI=1S/C26H25ClN2O/c27-24-4-2-1-3-22(24)18-7-9-20(10-8-18)26(30)29-21-13-11-19(12-14-21)23-15-25(23)28-16-17-5-6-17/h1-4,7-14,17,23,25,28H,5-6,15-16H2,(H,29,30). The topological polar surface area (TPSA) is 41.1 Å². The van der Waals surface area contributed by atoms with Gasteiger partial charge in [0.1, 0.15) is 0 Å². The van der Waals surface area contributed by atoms with Crippen LogP contribution in [-0.4, -0.2) is 18.5 Å². The van der Waals surface area contributed by atoms with Gasteiger partial charge in [0.15, 0.2) is 0 Å². The fourth-order valence-corrected chi connectivity index (χ4v) is 4.19. The van der Waals surface area contributed by atoms with Gasteiger partial charge < -0.3 is 10.6 Å². The Morgan fingerprint density at radius 2 is 1.67 bits per heavy atom. The quantitative estimate of drug-likeness (QED) is 0.487. The lowest BCUT2D eigenvalue weighted by Gasteiger charge is -2.09. The zero-order valence-electron chi connectivity index (χ0n) is 16.8. The Labute approximate surface area is 182 Å². The summed E-state index contributed by atoms with van der Waals surface area (Å²) in [7, 11) is 0. The second kappa shape index (κ2) is 8.25. The molecule has 152 valence electrons. The molecule has 0 bridgehead atoms. The van der Waals surface area contributed by atoms with Crippen molar-refractivity contribution in [2.24, 2.45) is 5.92 Å². The molecule has 3 aromatic rings. The molecule has 2 atom stereocenters. The van der Waals surface area contributed by atoms with E-state index in [2.05, 4.69) is 22.8 Å². The van der Waals surface area contributed by atoms with Gasteiger partial charge in [0.05, 0.1) is 0 Å². The van der Waals surface area contributed by atoms with E-state index in [1.165, 1.54) is 31.4 Å². The Kier molecular flexibility index (Phi) is 5.32. The van der Waals surface area contributed by atoms with Crippen LogP contribution in [0, 0.1) is 5.92 Å². The summed E-state index contributed by atoms with van der Waals surface area (Å²) in [6.45, 7) is 1.17. The van der Waals surface area contributed by atoms with Gasteiger partial charge in [0.25, 0.3) is 5.91 Å². The fourth-order valence-electron chi connectivity index (χ4n) is 3.94. The first-order chi connectivity index (χ1) is 14.7. The van der Waals surface area contributed by atoms with E-state index < -0.39 is 0 Å². The minimum atomic E-state index is -0.108. The van der Waals surface area contributed by atoms with Crippen LogP contribution in [0.15, 0.2) is 72.8 Å². The molecule has 3 aromatic carbocycles. The van der Waals surface area contributed by atoms with Crippen LogP contribution in [0.5, 0.6) is 0 Å². The largest absolute Gasteiger partial charge is 0.322 e. The molecule has 1 amide bonds. The highest BCUT2D eigenvalue weighted by Gasteiger charge is 2.38. The molecule has 2 N–H and O–H groups in total. The average molecular weight is 417 g/mol. The van der Waals surface area contributed by atoms with Crippen LogP contribution in [0.2, 0.25) is 5.02 Å². The molecule has 30 heavy (non-hydrogen) atoms. The van der Waals surface area contributed by atoms with E-state index in [1.54, 1.807) is 0 Å². The summed E-state index contributed by atoms with van der Waals surface area (Å²) in [6, 6.07) is 24.2. The molecule has 2 unspecified atom stereocenters. The number of benzene rings is 3. The van der Waals surface area contributed by atoms with Crippen molar-refractivity contribution in [3.8, 4) is 11.1 Å². The van der Waals surface area contributed by atoms with Gasteiger partial charge in [-0.3, -0.25) is 4.79 Å². The van der Waals surface area contributed by atoms with Crippen molar-refractivity contribution >= 4 is 23.2 Å². The van der Waals surface area contributed by atoms with Crippen molar-refractivity contribution in [3.05, 3.63) is 88.9 Å². The maximum atomic E-state index is 12.6. The third kappa shape index (κ3) is 4.43. The molecule has 0 aliphatic heterocycles. The van der Waals surface area contributed by atoms with E-state index in [-0.39, 0.29) is 5.91 Å². The first-order valence-corrected chi connectivity index (χ1v) is 11.0. The van der Waals surface area contributed by atoms with E-state index in [0.29, 0.717) is 22.5 Å². The summed E-state index contributed by atoms with van der Waals surface area (Å²) in [4.78, 5) is 12.6. The first-order valence-electron chi connectivity index (χ1n) is 10.7. The van der Waals surface area contributed by atoms with Gasteiger partial charge in [-0.2, -0.15) is 0 Å². The van der Waals surface area contributed by atoms with Crippen LogP contribution in [0.4, 0.5) is 5.69 Å². The molecule has 0 spiro atoms. The van der Waals surface area contributed by atoms with E-state index in [0.717, 1.165) is 22.7 Å². The SMILES string of the molecule is O=C(Nc1ccc(C2CC2NCC2CC2)cc1)c1ccc(-c2ccccc2Cl)cc1. The van der Waals surface area contributed by atoms with Crippen LogP contribution in [-0.2, 0) is 0 Å². The van der Waals surface area contributed by atoms with Crippen molar-refractivity contribution in [2.45, 2.75) is 31.2 Å². The van der Waals surface area contributed by atoms with E-state index in [9.17, 15) is 4.79 Å². The number of amides is 1. The van der Waals surface area contributed by atoms with Crippen LogP contribution in [0.1, 0.15) is 41.1 Å². The van der Waals surface area contributed by atoms with Gasteiger partial charge >= 0.3 is 0 Å². The van der Waals surface area contributed by atoms with Gasteiger partial charge in [-0.05, 0) is 73.2 Å². The van der Waals surface area contributed by atoms with Crippen molar-refractivity contribution < 1.29 is 4.79 Å². The fraction of sp³-hybridized carbons (Fsp3) is 0.269. The smallest absolute Gasteiger partial charge is 0.255 e. The highest BCUT2D eigenvalue weighted by atomic mass is 35.5. The van der Waals surface area contributed by atoms with Gasteiger partial charge in [-0.15, -0.1) is 0 Å². The summed E-state index contributed by atoms with van der Waals surface area (Å²) >= 11 is 6.27. The van der Waals surface area contributed by atoms with Crippen LogP contribution in [0.25, 0.3) is 11.1 Å². The highest BCUT2D eigenvalue weighted by molar-refractivity contribution is 6.33. The third-order valence-corrected chi connectivity index (χ3v) is 6.41. The normalized spacial score (nSPS) is 20.0. The number of nitrogens with one attached hydrogen (secondary N) is 2. The molecule has 2 fully saturated rings. The molecule has 3 nitrogen and oxygen atoms in total. The Balaban J connectivity index is 1.19. The molecule has 0 saturated heterocycles. The molecular formula is C26H25ClN2O. The predicted molar refractivity (Wildman–Crippen MR) is 123 cm³/mol. The minimum absolute atomic E-state index is 0.108. The Bertz CT molecular complexity index is 1040. The molecule has 2 aliphatic carbocycles. The molecule has 2 aliphatic rings. The third-order valence-electron chi connectivity index (χ3n) is 6.08. The molecule has 0 aromatic heterocycles. The predicted octanol–water partition coefficient (Wildman–Crippen LogP) is 6.11. The summed E-state index contributed by atoms with van der Waals surface area (Å²) in [5.41, 5.74) is 4.76. The van der Waals surface area contributed by atoms with Gasteiger partial charge in [-0.1, -0.05) is 54.1 Å². The lowest BCUT2D eigenvalue weighted by atomic mass is 10.0. The number of halogens is 1. The molecule has 0 heterocycles. The van der Waals surface area contributed by atoms with Crippen LogP contribution in [0.3, 0.4) is 0 Å². The Morgan fingerprint density at radius 3 is 2.37 bits per heavy atom. The summed E-state index contributed by atoms with van der Waals surface area (Å²) in [5, 5.41) is 7.38. The first kappa shape index (κ1) is 19.3.